The molecule has 7 nitrogen and oxygen atoms in total. The molecule has 3 aromatic rings. The summed E-state index contributed by atoms with van der Waals surface area (Å²) >= 11 is 13.1. The largest absolute Gasteiger partial charge is 0.611 e. The number of fused-ring (bicyclic) bond motifs is 1. The van der Waals surface area contributed by atoms with Crippen molar-refractivity contribution in [2.24, 2.45) is 0 Å². The first-order valence-electron chi connectivity index (χ1n) is 8.83. The Kier molecular flexibility index (Phi) is 6.47. The highest BCUT2D eigenvalue weighted by molar-refractivity contribution is 8.01. The van der Waals surface area contributed by atoms with Crippen molar-refractivity contribution in [2.75, 3.05) is 11.1 Å². The predicted octanol–water partition coefficient (Wildman–Crippen LogP) is 5.99. The van der Waals surface area contributed by atoms with E-state index in [-0.39, 0.29) is 30.7 Å². The molecular formula is C19H13Cl2N3O4S3. The van der Waals surface area contributed by atoms with Gasteiger partial charge in [0, 0.05) is 41.7 Å². The minimum Gasteiger partial charge on any atom is -0.611 e. The van der Waals surface area contributed by atoms with Crippen molar-refractivity contribution in [1.82, 2.24) is 4.98 Å². The van der Waals surface area contributed by atoms with E-state index in [2.05, 4.69) is 10.3 Å². The van der Waals surface area contributed by atoms with E-state index < -0.39 is 22.0 Å². The summed E-state index contributed by atoms with van der Waals surface area (Å²) in [6.07, 6.45) is 2.78. The number of amides is 1. The van der Waals surface area contributed by atoms with Crippen molar-refractivity contribution >= 4 is 74.8 Å². The quantitative estimate of drug-likeness (QED) is 0.255. The number of anilines is 1. The predicted molar refractivity (Wildman–Crippen MR) is 123 cm³/mol. The van der Waals surface area contributed by atoms with Crippen LogP contribution in [0, 0.1) is 10.1 Å². The molecule has 12 heteroatoms. The highest BCUT2D eigenvalue weighted by Gasteiger charge is 2.31. The fourth-order valence-corrected chi connectivity index (χ4v) is 7.44. The summed E-state index contributed by atoms with van der Waals surface area (Å²) in [4.78, 5) is 28.9. The van der Waals surface area contributed by atoms with E-state index >= 15 is 0 Å². The maximum Gasteiger partial charge on any atom is 0.294 e. The molecule has 1 aliphatic rings. The minimum atomic E-state index is -1.10. The molecule has 2 aromatic heterocycles. The maximum absolute atomic E-state index is 12.8. The van der Waals surface area contributed by atoms with Crippen molar-refractivity contribution in [3.05, 3.63) is 67.3 Å². The second-order valence-corrected chi connectivity index (χ2v) is 11.3. The van der Waals surface area contributed by atoms with E-state index in [1.54, 1.807) is 12.1 Å². The molecule has 2 unspecified atom stereocenters. The number of thiophene rings is 1. The van der Waals surface area contributed by atoms with Crippen molar-refractivity contribution < 1.29 is 14.3 Å². The molecule has 1 aromatic carbocycles. The third kappa shape index (κ3) is 4.55. The lowest BCUT2D eigenvalue weighted by Gasteiger charge is -2.07. The molecule has 1 amide bonds. The van der Waals surface area contributed by atoms with Crippen LogP contribution in [0.5, 0.6) is 0 Å². The van der Waals surface area contributed by atoms with Crippen LogP contribution in [0.1, 0.15) is 28.1 Å². The summed E-state index contributed by atoms with van der Waals surface area (Å²) in [6, 6.07) is 6.51. The third-order valence-electron chi connectivity index (χ3n) is 4.55. The molecule has 0 saturated carbocycles. The van der Waals surface area contributed by atoms with Gasteiger partial charge in [-0.25, -0.2) is 0 Å². The summed E-state index contributed by atoms with van der Waals surface area (Å²) in [5.74, 6) is 0.264. The Balaban J connectivity index is 1.60. The number of carbonyl (C=O) groups excluding carboxylic acids is 1. The first-order valence-corrected chi connectivity index (χ1v) is 12.5. The molecule has 0 fully saturated rings. The standard InChI is InChI=1S/C19H13Cl2N3O4S3/c1-9-8-31(28)16-4-10(2-3-11(9)16)23-18(25)15-5-14(24(26)27)19(29-15)30-17-12(20)6-22-7-13(17)21/h2-7,9H,8H2,1H3,(H,23,25). The van der Waals surface area contributed by atoms with E-state index in [1.807, 2.05) is 13.0 Å². The van der Waals surface area contributed by atoms with Crippen molar-refractivity contribution in [2.45, 2.75) is 26.8 Å². The summed E-state index contributed by atoms with van der Waals surface area (Å²) in [7, 11) is 0. The Morgan fingerprint density at radius 3 is 2.71 bits per heavy atom. The molecule has 4 rings (SSSR count). The van der Waals surface area contributed by atoms with Gasteiger partial charge in [-0.05, 0) is 17.2 Å². The Bertz CT molecular complexity index is 1180. The average Bonchev–Trinajstić information content (AvgIpc) is 3.26. The van der Waals surface area contributed by atoms with E-state index in [9.17, 15) is 19.5 Å². The molecule has 160 valence electrons. The molecule has 2 atom stereocenters. The highest BCUT2D eigenvalue weighted by Crippen LogP contribution is 2.46. The zero-order valence-corrected chi connectivity index (χ0v) is 19.7. The van der Waals surface area contributed by atoms with Crippen molar-refractivity contribution in [3.63, 3.8) is 0 Å². The van der Waals surface area contributed by atoms with Gasteiger partial charge in [-0.1, -0.05) is 48.0 Å². The van der Waals surface area contributed by atoms with Gasteiger partial charge in [0.1, 0.15) is 14.8 Å². The number of hydrogen-bond donors (Lipinski definition) is 1. The van der Waals surface area contributed by atoms with E-state index in [0.29, 0.717) is 21.2 Å². The molecule has 3 heterocycles. The lowest BCUT2D eigenvalue weighted by Crippen LogP contribution is -2.10. The van der Waals surface area contributed by atoms with Crippen LogP contribution in [-0.4, -0.2) is 26.1 Å². The number of nitro groups is 1. The van der Waals surface area contributed by atoms with Gasteiger partial charge in [0.2, 0.25) is 0 Å². The first kappa shape index (κ1) is 22.4. The Morgan fingerprint density at radius 1 is 1.32 bits per heavy atom. The lowest BCUT2D eigenvalue weighted by atomic mass is 10.0. The van der Waals surface area contributed by atoms with Crippen LogP contribution in [0.2, 0.25) is 10.0 Å². The number of hydrogen-bond acceptors (Lipinski definition) is 7. The molecule has 31 heavy (non-hydrogen) atoms. The number of aromatic nitrogens is 1. The second kappa shape index (κ2) is 8.97. The Labute approximate surface area is 198 Å². The minimum absolute atomic E-state index is 0.158. The maximum atomic E-state index is 12.8. The van der Waals surface area contributed by atoms with Gasteiger partial charge in [0.05, 0.1) is 19.9 Å². The normalized spacial score (nSPS) is 17.4. The number of carbonyl (C=O) groups is 1. The van der Waals surface area contributed by atoms with Crippen LogP contribution in [-0.2, 0) is 11.2 Å². The summed E-state index contributed by atoms with van der Waals surface area (Å²) in [5.41, 5.74) is 1.28. The number of benzene rings is 1. The lowest BCUT2D eigenvalue weighted by molar-refractivity contribution is -0.387. The van der Waals surface area contributed by atoms with E-state index in [1.165, 1.54) is 18.5 Å². The fraction of sp³-hybridized carbons (Fsp3) is 0.158. The second-order valence-electron chi connectivity index (χ2n) is 6.69. The van der Waals surface area contributed by atoms with Crippen molar-refractivity contribution in [3.8, 4) is 0 Å². The average molecular weight is 514 g/mol. The summed E-state index contributed by atoms with van der Waals surface area (Å²) in [5, 5.41) is 14.8. The molecule has 0 bridgehead atoms. The molecular weight excluding hydrogens is 501 g/mol. The molecule has 1 N–H and O–H groups in total. The van der Waals surface area contributed by atoms with Crippen LogP contribution >= 0.6 is 46.3 Å². The highest BCUT2D eigenvalue weighted by atomic mass is 35.5. The zero-order chi connectivity index (χ0) is 22.3. The SMILES string of the molecule is CC1C[S+]([O-])c2cc(NC(=O)c3cc([N+](=O)[O-])c(Sc4c(Cl)cncc4Cl)s3)ccc21. The van der Waals surface area contributed by atoms with Gasteiger partial charge in [0.25, 0.3) is 11.6 Å². The fourth-order valence-electron chi connectivity index (χ4n) is 3.08. The van der Waals surface area contributed by atoms with E-state index in [4.69, 9.17) is 23.2 Å². The molecule has 0 saturated heterocycles. The van der Waals surface area contributed by atoms with Crippen LogP contribution in [0.3, 0.4) is 0 Å². The van der Waals surface area contributed by atoms with Gasteiger partial charge in [0.15, 0.2) is 4.90 Å². The van der Waals surface area contributed by atoms with Crippen molar-refractivity contribution in [1.29, 1.82) is 0 Å². The summed E-state index contributed by atoms with van der Waals surface area (Å²) in [6.45, 7) is 2.01. The van der Waals surface area contributed by atoms with Gasteiger partial charge in [-0.15, -0.1) is 11.3 Å². The van der Waals surface area contributed by atoms with Gasteiger partial charge in [-0.3, -0.25) is 19.9 Å². The van der Waals surface area contributed by atoms with Crippen LogP contribution in [0.4, 0.5) is 11.4 Å². The Hall–Kier alpha value is -1.82. The third-order valence-corrected chi connectivity index (χ3v) is 9.45. The monoisotopic (exact) mass is 513 g/mol. The molecule has 1 aliphatic heterocycles. The topological polar surface area (TPSA) is 108 Å². The van der Waals surface area contributed by atoms with E-state index in [0.717, 1.165) is 28.7 Å². The molecule has 0 radical (unpaired) electrons. The van der Waals surface area contributed by atoms with Crippen LogP contribution in [0.25, 0.3) is 0 Å². The number of halogens is 2. The smallest absolute Gasteiger partial charge is 0.294 e. The molecule has 0 spiro atoms. The summed E-state index contributed by atoms with van der Waals surface area (Å²) < 4.78 is 12.5. The zero-order valence-electron chi connectivity index (χ0n) is 15.8. The van der Waals surface area contributed by atoms with Crippen LogP contribution < -0.4 is 5.32 Å². The number of pyridine rings is 1. The van der Waals surface area contributed by atoms with Gasteiger partial charge < -0.3 is 9.87 Å². The van der Waals surface area contributed by atoms with Gasteiger partial charge >= 0.3 is 0 Å². The first-order chi connectivity index (χ1) is 14.7. The number of nitrogens with one attached hydrogen (secondary N) is 1. The van der Waals surface area contributed by atoms with Gasteiger partial charge in [-0.2, -0.15) is 0 Å². The Morgan fingerprint density at radius 2 is 2.03 bits per heavy atom. The van der Waals surface area contributed by atoms with Crippen LogP contribution in [0.15, 0.2) is 50.7 Å². The molecule has 0 aliphatic carbocycles. The number of nitrogens with zero attached hydrogens (tertiary/aromatic N) is 2. The number of rotatable bonds is 5.